The Morgan fingerprint density at radius 2 is 0.896 bits per heavy atom. The van der Waals surface area contributed by atoms with Gasteiger partial charge in [-0.25, -0.2) is 0 Å². The molecule has 0 unspecified atom stereocenters. The van der Waals surface area contributed by atoms with Crippen molar-refractivity contribution in [1.29, 1.82) is 0 Å². The molecular formula is C102H161BrN4O18. The van der Waals surface area contributed by atoms with Gasteiger partial charge in [0.05, 0.1) is 108 Å². The first-order valence-electron chi connectivity index (χ1n) is 46.7. The Morgan fingerprint density at radius 1 is 0.512 bits per heavy atom. The highest BCUT2D eigenvalue weighted by molar-refractivity contribution is 9.10. The molecule has 704 valence electrons. The van der Waals surface area contributed by atoms with Crippen LogP contribution in [0.25, 0.3) is 27.9 Å². The van der Waals surface area contributed by atoms with Gasteiger partial charge in [-0.1, -0.05) is 179 Å². The number of para-hydroxylation sites is 2. The Kier molecular flexibility index (Phi) is 37.8. The number of aliphatic hydroxyl groups excluding tert-OH is 2. The molecule has 10 rings (SSSR count). The molecule has 0 amide bonds. The largest absolute Gasteiger partial charge is 0.459 e. The van der Waals surface area contributed by atoms with Crippen molar-refractivity contribution in [1.82, 2.24) is 9.97 Å². The summed E-state index contributed by atoms with van der Waals surface area (Å²) in [5.74, 6) is -3.79. The highest BCUT2D eigenvalue weighted by Crippen LogP contribution is 2.49. The maximum Gasteiger partial charge on any atom is 0.311 e. The zero-order valence-corrected chi connectivity index (χ0v) is 83.0. The first-order chi connectivity index (χ1) is 58.4. The van der Waals surface area contributed by atoms with Gasteiger partial charge in [-0.3, -0.25) is 29.5 Å². The van der Waals surface area contributed by atoms with Crippen molar-refractivity contribution in [3.63, 3.8) is 0 Å². The summed E-state index contributed by atoms with van der Waals surface area (Å²) in [7, 11) is 3.43. The first-order valence-corrected chi connectivity index (χ1v) is 47.5. The predicted octanol–water partition coefficient (Wildman–Crippen LogP) is 19.8. The second kappa shape index (κ2) is 44.9. The third kappa shape index (κ3) is 25.6. The lowest BCUT2D eigenvalue weighted by Gasteiger charge is -2.50. The number of esters is 2. The fourth-order valence-electron chi connectivity index (χ4n) is 20.9. The second-order valence-corrected chi connectivity index (χ2v) is 41.6. The number of aliphatic imine (C=N–C) groups is 2. The van der Waals surface area contributed by atoms with Gasteiger partial charge in [0, 0.05) is 102 Å². The molecule has 125 heavy (non-hydrogen) atoms. The van der Waals surface area contributed by atoms with Crippen molar-refractivity contribution < 1.29 is 86.9 Å². The van der Waals surface area contributed by atoms with E-state index in [-0.39, 0.29) is 84.5 Å². The summed E-state index contributed by atoms with van der Waals surface area (Å²) in [5, 5.41) is 49.9. The fraction of sp³-hybridized carbons (Fsp3) is 0.745. The lowest BCUT2D eigenvalue weighted by atomic mass is 9.72. The number of hydrogen-bond donors (Lipinski definition) is 4. The van der Waals surface area contributed by atoms with Crippen LogP contribution in [0.2, 0.25) is 0 Å². The van der Waals surface area contributed by atoms with E-state index in [4.69, 9.17) is 61.8 Å². The third-order valence-corrected chi connectivity index (χ3v) is 30.4. The summed E-state index contributed by atoms with van der Waals surface area (Å²) in [6.07, 6.45) is 4.11. The summed E-state index contributed by atoms with van der Waals surface area (Å²) in [6.45, 7) is 61.4. The maximum atomic E-state index is 14.6. The van der Waals surface area contributed by atoms with Gasteiger partial charge < -0.3 is 77.3 Å². The van der Waals surface area contributed by atoms with E-state index in [2.05, 4.69) is 187 Å². The van der Waals surface area contributed by atoms with Gasteiger partial charge in [0.25, 0.3) is 0 Å². The molecule has 0 bridgehead atoms. The summed E-state index contributed by atoms with van der Waals surface area (Å²) in [5.41, 5.74) is -1.39. The van der Waals surface area contributed by atoms with E-state index in [0.717, 1.165) is 45.0 Å². The van der Waals surface area contributed by atoms with Gasteiger partial charge in [0.1, 0.15) is 23.4 Å². The number of aliphatic hydroxyl groups is 4. The van der Waals surface area contributed by atoms with E-state index >= 15 is 0 Å². The van der Waals surface area contributed by atoms with Crippen LogP contribution >= 0.6 is 15.9 Å². The highest BCUT2D eigenvalue weighted by atomic mass is 79.9. The van der Waals surface area contributed by atoms with Crippen LogP contribution < -0.4 is 0 Å². The van der Waals surface area contributed by atoms with Crippen molar-refractivity contribution in [2.24, 2.45) is 104 Å². The van der Waals surface area contributed by atoms with Crippen molar-refractivity contribution in [3.8, 4) is 0 Å². The smallest absolute Gasteiger partial charge is 0.311 e. The van der Waals surface area contributed by atoms with E-state index < -0.39 is 144 Å². The van der Waals surface area contributed by atoms with Crippen molar-refractivity contribution in [2.75, 3.05) is 27.3 Å². The Labute approximate surface area is 758 Å². The minimum absolute atomic E-state index is 0.00603. The number of aromatic nitrogens is 2. The van der Waals surface area contributed by atoms with Crippen LogP contribution in [0.5, 0.6) is 0 Å². The van der Waals surface area contributed by atoms with Gasteiger partial charge in [-0.05, 0) is 200 Å². The first kappa shape index (κ1) is 105. The number of nitrogens with zero attached hydrogens (tertiary/aromatic N) is 4. The molecule has 0 radical (unpaired) electrons. The standard InChI is InChI=1S/C51H80N2O9.C42H75NO9.C9H6BrN/c1-16-41-51(14,56)45(54)33(6)43(52-15)30(3)26-50(13,57-23-19-20-38-25-39-21-17-18-22-40(39)53-28-38)46(62-48-32(5)29(2)24-31(4)58-48)34(7)44(35(8)47(55)60-41)61-42-27-49(11,12)36(9)37(10)59-42;1-17-19-47-41(14)21-24(4)34(43-16)27(7)36(44)42(15,46)32(18-2)50-38(45)29(9)35(51-33-22-40(12,13)30(10)31(11)49-33)28(8)37(41)52-39-26(6)23(3)20-25(5)48-39;10-8-5-7-3-1-2-4-9(7)11-6-8/h17-22,25,28-37,41-42,44-46,48,54,56H,16,23-24,26-27H2,1-15H3;17,23-33,35-37,39,44,46H,1,18-22H2,2-16H3;1-6H/b20-19+,52-43?;;/t29-,30+,31+,32+,33-,34-,35+,36-,37-,41+,42-,44-,45+,46+,48-,50-,51+;23-,24+,25+,26+,27-,28-,29+,30-,31-,32+,33-,35-,36+,37+,39-,41-,42+;/m00./s1. The van der Waals surface area contributed by atoms with Gasteiger partial charge in [-0.15, -0.1) is 6.58 Å². The SMILES string of the molecule is Brc1cnc2ccccc2c1.C=CCO[C@@]1(C)C[C@@H](C)C(=NC)[C@H](C)[C@@H](O)[C@](C)(O)[C@@H](CC)OC(=O)[C@H](C)[C@@H](O[C@H]2CC(C)(C)[C@@H](C)[C@H](C)O2)[C@H](C)[C@H]1O[C@@H]1O[C@H](C)C[C@H](C)[C@H]1C.CC[C@H]1OC(=O)[C@H](C)[C@@H](O[C@H]2CC(C)(C)[C@@H](C)[C@H](C)O2)[C@H](C)[C@@H](O[C@@H]2O[C@H](C)C[C@H](C)[C@H]2C)[C@@](C)(OC/C=C/c2cnc3ccccc3c2)C[C@@H](C)C(=NC)[C@H](C)[C@@H](O)[C@]1(C)O. The van der Waals surface area contributed by atoms with Crippen LogP contribution in [-0.4, -0.2) is 202 Å². The lowest BCUT2D eigenvalue weighted by Crippen LogP contribution is -2.59. The molecule has 6 aliphatic heterocycles. The Bertz CT molecular complexity index is 4190. The van der Waals surface area contributed by atoms with Crippen molar-refractivity contribution in [3.05, 3.63) is 102 Å². The summed E-state index contributed by atoms with van der Waals surface area (Å²) in [6, 6.07) is 20.3. The zero-order valence-electron chi connectivity index (χ0n) is 81.4. The number of carbonyl (C=O) groups excluding carboxylic acids is 2. The van der Waals surface area contributed by atoms with Crippen molar-refractivity contribution >= 4 is 67.2 Å². The highest BCUT2D eigenvalue weighted by Gasteiger charge is 2.57. The molecule has 6 saturated heterocycles. The molecule has 23 heteroatoms. The van der Waals surface area contributed by atoms with Crippen LogP contribution in [0.1, 0.15) is 251 Å². The van der Waals surface area contributed by atoms with Gasteiger partial charge in [0.2, 0.25) is 0 Å². The molecule has 6 fully saturated rings. The molecule has 2 aromatic heterocycles. The molecule has 8 heterocycles. The van der Waals surface area contributed by atoms with Crippen molar-refractivity contribution in [2.45, 2.75) is 366 Å². The third-order valence-electron chi connectivity index (χ3n) is 30.0. The Balaban J connectivity index is 0.000000278. The average Bonchev–Trinajstić information content (AvgIpc) is 0.769. The summed E-state index contributed by atoms with van der Waals surface area (Å²) in [4.78, 5) is 47.3. The number of hydrogen-bond acceptors (Lipinski definition) is 22. The topological polar surface area (TPSA) is 276 Å². The van der Waals surface area contributed by atoms with E-state index in [1.165, 1.54) is 12.3 Å². The van der Waals surface area contributed by atoms with E-state index in [1.807, 2.05) is 115 Å². The molecule has 6 aliphatic rings. The molecule has 4 aromatic rings. The lowest BCUT2D eigenvalue weighted by molar-refractivity contribution is -0.304. The minimum atomic E-state index is -1.79. The van der Waals surface area contributed by atoms with Crippen LogP contribution in [0, 0.1) is 93.7 Å². The summed E-state index contributed by atoms with van der Waals surface area (Å²) < 4.78 is 82.3. The molecule has 0 aliphatic carbocycles. The quantitative estimate of drug-likeness (QED) is 0.0565. The normalized spacial score (nSPS) is 41.7. The van der Waals surface area contributed by atoms with Crippen LogP contribution in [0.4, 0.5) is 0 Å². The number of ether oxygens (including phenoxy) is 12. The van der Waals surface area contributed by atoms with Crippen LogP contribution in [-0.2, 0) is 66.4 Å². The molecular weight excluding hydrogens is 1650 g/mol. The van der Waals surface area contributed by atoms with Crippen LogP contribution in [0.3, 0.4) is 0 Å². The molecule has 0 saturated carbocycles. The number of rotatable bonds is 17. The van der Waals surface area contributed by atoms with E-state index in [1.54, 1.807) is 27.1 Å². The molecule has 22 nitrogen and oxygen atoms in total. The maximum absolute atomic E-state index is 14.6. The Hall–Kier alpha value is -5.06. The predicted molar refractivity (Wildman–Crippen MR) is 500 cm³/mol. The number of halogens is 1. The summed E-state index contributed by atoms with van der Waals surface area (Å²) >= 11 is 3.37. The minimum Gasteiger partial charge on any atom is -0.459 e. The van der Waals surface area contributed by atoms with Gasteiger partial charge in [-0.2, -0.15) is 0 Å². The number of cyclic esters (lactones) is 2. The van der Waals surface area contributed by atoms with Gasteiger partial charge in [0.15, 0.2) is 25.2 Å². The van der Waals surface area contributed by atoms with E-state index in [0.29, 0.717) is 55.6 Å². The molecule has 4 N–H and O–H groups in total. The number of benzene rings is 2. The Morgan fingerprint density at radius 3 is 1.28 bits per heavy atom. The fourth-order valence-corrected chi connectivity index (χ4v) is 21.3. The van der Waals surface area contributed by atoms with Crippen LogP contribution in [0.15, 0.2) is 106 Å². The molecule has 0 spiro atoms. The molecule has 34 atom stereocenters. The zero-order chi connectivity index (χ0) is 93.1. The van der Waals surface area contributed by atoms with E-state index in [9.17, 15) is 30.0 Å². The van der Waals surface area contributed by atoms with Gasteiger partial charge >= 0.3 is 11.9 Å². The number of carbonyl (C=O) groups is 2. The second-order valence-electron chi connectivity index (χ2n) is 40.7. The monoisotopic (exact) mass is 1810 g/mol. The number of pyridine rings is 2. The molecule has 2 aromatic carbocycles. The average molecular weight is 1810 g/mol. The number of fused-ring (bicyclic) bond motifs is 2.